The van der Waals surface area contributed by atoms with Gasteiger partial charge in [0.1, 0.15) is 0 Å². The molecule has 4 atom stereocenters. The molecule has 1 amide bonds. The molecule has 1 saturated heterocycles. The number of amides is 1. The van der Waals surface area contributed by atoms with E-state index in [0.717, 1.165) is 38.3 Å². The molecule has 0 unspecified atom stereocenters. The fourth-order valence-corrected chi connectivity index (χ4v) is 6.71. The van der Waals surface area contributed by atoms with E-state index in [4.69, 9.17) is 14.6 Å². The largest absolute Gasteiger partial charge is 0.481 e. The molecule has 5 rings (SSSR count). The predicted octanol–water partition coefficient (Wildman–Crippen LogP) is 7.00. The molecule has 0 aromatic heterocycles. The second-order valence-corrected chi connectivity index (χ2v) is 12.9. The lowest BCUT2D eigenvalue weighted by Gasteiger charge is -2.41. The van der Waals surface area contributed by atoms with Gasteiger partial charge in [-0.1, -0.05) is 79.7 Å². The number of aliphatic carboxylic acids is 1. The molecule has 10 heteroatoms. The van der Waals surface area contributed by atoms with Crippen molar-refractivity contribution in [1.29, 1.82) is 0 Å². The van der Waals surface area contributed by atoms with Gasteiger partial charge < -0.3 is 30.1 Å². The van der Waals surface area contributed by atoms with Gasteiger partial charge in [0.25, 0.3) is 0 Å². The molecular formula is C38H39NO8S. The standard InChI is InChI=1S/C38H39NO8S/c1-24-33(23-48-31-19-17-28(18-20-31)37(44)45)46-38(47-36(24)27-11-9-25(22-40)10-12-27)29-15-13-26(14-16-29)32-6-3-2-5-30(32)21-39-34(41)7-4-8-35(42)43/h2-3,5-6,9-20,24,33,36,38,40H,4,7-8,21-23H2,1H3,(H,39,41)(H,42,43)(H,44,45)/t24-,33+,36+,38+/m0/s1. The van der Waals surface area contributed by atoms with Crippen molar-refractivity contribution in [3.8, 4) is 11.1 Å². The number of aliphatic hydroxyl groups is 1. The van der Waals surface area contributed by atoms with E-state index < -0.39 is 18.2 Å². The molecule has 0 aliphatic carbocycles. The van der Waals surface area contributed by atoms with Crippen molar-refractivity contribution in [3.05, 3.63) is 125 Å². The van der Waals surface area contributed by atoms with Crippen LogP contribution < -0.4 is 5.32 Å². The van der Waals surface area contributed by atoms with E-state index in [1.54, 1.807) is 23.9 Å². The molecule has 4 aromatic carbocycles. The average Bonchev–Trinajstić information content (AvgIpc) is 3.10. The molecule has 1 aliphatic rings. The number of carboxylic acids is 2. The highest BCUT2D eigenvalue weighted by atomic mass is 32.2. The van der Waals surface area contributed by atoms with Crippen molar-refractivity contribution in [2.24, 2.45) is 5.92 Å². The summed E-state index contributed by atoms with van der Waals surface area (Å²) in [5.74, 6) is -1.43. The van der Waals surface area contributed by atoms with Crippen molar-refractivity contribution >= 4 is 29.6 Å². The van der Waals surface area contributed by atoms with E-state index in [2.05, 4.69) is 12.2 Å². The number of rotatable bonds is 14. The van der Waals surface area contributed by atoms with E-state index in [0.29, 0.717) is 18.7 Å². The number of aromatic carboxylic acids is 1. The Bertz CT molecular complexity index is 1690. The zero-order valence-electron chi connectivity index (χ0n) is 26.6. The Balaban J connectivity index is 1.32. The highest BCUT2D eigenvalue weighted by Crippen LogP contribution is 2.43. The van der Waals surface area contributed by atoms with Gasteiger partial charge in [-0.3, -0.25) is 9.59 Å². The maximum atomic E-state index is 12.3. The highest BCUT2D eigenvalue weighted by molar-refractivity contribution is 7.99. The van der Waals surface area contributed by atoms with Crippen LogP contribution in [0.4, 0.5) is 0 Å². The molecule has 4 aromatic rings. The van der Waals surface area contributed by atoms with Gasteiger partial charge in [-0.2, -0.15) is 0 Å². The van der Waals surface area contributed by atoms with Crippen molar-refractivity contribution in [2.45, 2.75) is 62.7 Å². The number of aliphatic hydroxyl groups excluding tert-OH is 1. The SMILES string of the molecule is C[C@H]1[C@@H](CSc2ccc(C(=O)O)cc2)O[C@@H](c2ccc(-c3ccccc3CNC(=O)CCCC(=O)O)cc2)O[C@H]1c1ccc(CO)cc1. The first-order valence-electron chi connectivity index (χ1n) is 15.9. The Labute approximate surface area is 283 Å². The smallest absolute Gasteiger partial charge is 0.335 e. The monoisotopic (exact) mass is 669 g/mol. The Hall–Kier alpha value is -4.48. The molecule has 1 fully saturated rings. The van der Waals surface area contributed by atoms with Crippen LogP contribution in [-0.2, 0) is 32.2 Å². The molecular weight excluding hydrogens is 630 g/mol. The van der Waals surface area contributed by atoms with Crippen molar-refractivity contribution in [1.82, 2.24) is 5.32 Å². The summed E-state index contributed by atoms with van der Waals surface area (Å²) in [5.41, 5.74) is 5.78. The third kappa shape index (κ3) is 9.11. The lowest BCUT2D eigenvalue weighted by atomic mass is 9.91. The maximum Gasteiger partial charge on any atom is 0.335 e. The first-order valence-corrected chi connectivity index (χ1v) is 16.8. The number of hydrogen-bond donors (Lipinski definition) is 4. The number of ether oxygens (including phenoxy) is 2. The lowest BCUT2D eigenvalue weighted by molar-refractivity contribution is -0.268. The molecule has 0 bridgehead atoms. The van der Waals surface area contributed by atoms with Crippen LogP contribution in [0.3, 0.4) is 0 Å². The van der Waals surface area contributed by atoms with Crippen LogP contribution in [0.15, 0.2) is 102 Å². The van der Waals surface area contributed by atoms with Crippen LogP contribution in [0.2, 0.25) is 0 Å². The highest BCUT2D eigenvalue weighted by Gasteiger charge is 2.38. The fourth-order valence-electron chi connectivity index (χ4n) is 5.64. The molecule has 1 heterocycles. The number of hydrogen-bond acceptors (Lipinski definition) is 7. The fraction of sp³-hybridized carbons (Fsp3) is 0.289. The van der Waals surface area contributed by atoms with Gasteiger partial charge in [0.05, 0.1) is 24.4 Å². The number of carbonyl (C=O) groups is 3. The average molecular weight is 670 g/mol. The Kier molecular flexibility index (Phi) is 12.0. The normalized spacial score (nSPS) is 19.0. The first-order chi connectivity index (χ1) is 23.2. The van der Waals surface area contributed by atoms with Gasteiger partial charge in [-0.05, 0) is 58.5 Å². The van der Waals surface area contributed by atoms with E-state index >= 15 is 0 Å². The van der Waals surface area contributed by atoms with Crippen LogP contribution in [-0.4, -0.2) is 45.0 Å². The molecule has 0 radical (unpaired) electrons. The minimum atomic E-state index is -0.961. The second-order valence-electron chi connectivity index (χ2n) is 11.8. The van der Waals surface area contributed by atoms with E-state index in [-0.39, 0.29) is 49.0 Å². The summed E-state index contributed by atoms with van der Waals surface area (Å²) in [4.78, 5) is 35.3. The van der Waals surface area contributed by atoms with Gasteiger partial charge in [-0.15, -0.1) is 11.8 Å². The summed E-state index contributed by atoms with van der Waals surface area (Å²) < 4.78 is 13.2. The first kappa shape index (κ1) is 34.8. The third-order valence-corrected chi connectivity index (χ3v) is 9.52. The van der Waals surface area contributed by atoms with Gasteiger partial charge >= 0.3 is 11.9 Å². The van der Waals surface area contributed by atoms with Crippen LogP contribution in [0.5, 0.6) is 0 Å². The summed E-state index contributed by atoms with van der Waals surface area (Å²) in [7, 11) is 0. The molecule has 48 heavy (non-hydrogen) atoms. The molecule has 0 spiro atoms. The van der Waals surface area contributed by atoms with Gasteiger partial charge in [0.2, 0.25) is 5.91 Å². The van der Waals surface area contributed by atoms with Crippen molar-refractivity contribution < 1.29 is 39.2 Å². The minimum absolute atomic E-state index is 0.00231. The minimum Gasteiger partial charge on any atom is -0.481 e. The quantitative estimate of drug-likeness (QED) is 0.104. The maximum absolute atomic E-state index is 12.3. The van der Waals surface area contributed by atoms with Crippen molar-refractivity contribution in [2.75, 3.05) is 5.75 Å². The van der Waals surface area contributed by atoms with Crippen molar-refractivity contribution in [3.63, 3.8) is 0 Å². The predicted molar refractivity (Wildman–Crippen MR) is 182 cm³/mol. The molecule has 1 aliphatic heterocycles. The second kappa shape index (κ2) is 16.6. The van der Waals surface area contributed by atoms with Gasteiger partial charge in [0, 0.05) is 41.5 Å². The summed E-state index contributed by atoms with van der Waals surface area (Å²) >= 11 is 1.60. The number of carbonyl (C=O) groups excluding carboxylic acids is 1. The van der Waals surface area contributed by atoms with Gasteiger partial charge in [-0.25, -0.2) is 4.79 Å². The van der Waals surface area contributed by atoms with E-state index in [9.17, 15) is 24.6 Å². The van der Waals surface area contributed by atoms with Crippen LogP contribution in [0.1, 0.15) is 71.2 Å². The van der Waals surface area contributed by atoms with E-state index in [1.807, 2.05) is 84.9 Å². The molecule has 4 N–H and O–H groups in total. The summed E-state index contributed by atoms with van der Waals surface area (Å²) in [6.07, 6.45) is -0.680. The summed E-state index contributed by atoms with van der Waals surface area (Å²) in [6.45, 7) is 2.39. The van der Waals surface area contributed by atoms with Crippen LogP contribution >= 0.6 is 11.8 Å². The zero-order chi connectivity index (χ0) is 34.0. The molecule has 0 saturated carbocycles. The Morgan fingerprint density at radius 3 is 2.17 bits per heavy atom. The number of carboxylic acid groups (broad SMARTS) is 2. The van der Waals surface area contributed by atoms with Gasteiger partial charge in [0.15, 0.2) is 6.29 Å². The van der Waals surface area contributed by atoms with Crippen LogP contribution in [0.25, 0.3) is 11.1 Å². The number of thioether (sulfide) groups is 1. The van der Waals surface area contributed by atoms with Crippen LogP contribution in [0, 0.1) is 5.92 Å². The molecule has 9 nitrogen and oxygen atoms in total. The Morgan fingerprint density at radius 1 is 0.812 bits per heavy atom. The third-order valence-electron chi connectivity index (χ3n) is 8.42. The lowest BCUT2D eigenvalue weighted by Crippen LogP contribution is -2.38. The van der Waals surface area contributed by atoms with E-state index in [1.165, 1.54) is 0 Å². The summed E-state index contributed by atoms with van der Waals surface area (Å²) in [5, 5.41) is 30.5. The molecule has 250 valence electrons. The Morgan fingerprint density at radius 2 is 1.50 bits per heavy atom. The number of nitrogens with one attached hydrogen (secondary N) is 1. The number of benzene rings is 4. The topological polar surface area (TPSA) is 142 Å². The summed E-state index contributed by atoms with van der Waals surface area (Å²) in [6, 6.07) is 30.4. The zero-order valence-corrected chi connectivity index (χ0v) is 27.4.